The van der Waals surface area contributed by atoms with Gasteiger partial charge in [0.25, 0.3) is 0 Å². The van der Waals surface area contributed by atoms with E-state index >= 15 is 0 Å². The number of halogens is 1. The SMILES string of the molecule is CN1CCC(N(C)C(=O)CC2(CN)CCCCC2)CC1.Cl. The van der Waals surface area contributed by atoms with E-state index in [1.54, 1.807) is 0 Å². The van der Waals surface area contributed by atoms with E-state index in [9.17, 15) is 4.79 Å². The van der Waals surface area contributed by atoms with Crippen molar-refractivity contribution in [3.8, 4) is 0 Å². The molecule has 0 aromatic heterocycles. The Morgan fingerprint density at radius 1 is 1.24 bits per heavy atom. The number of piperidine rings is 1. The molecule has 0 spiro atoms. The number of hydrogen-bond donors (Lipinski definition) is 1. The van der Waals surface area contributed by atoms with Gasteiger partial charge in [0.1, 0.15) is 0 Å². The van der Waals surface area contributed by atoms with Crippen molar-refractivity contribution in [2.45, 2.75) is 57.4 Å². The second kappa shape index (κ2) is 8.35. The summed E-state index contributed by atoms with van der Waals surface area (Å²) in [5.41, 5.74) is 6.10. The summed E-state index contributed by atoms with van der Waals surface area (Å²) in [7, 11) is 4.15. The molecule has 1 aliphatic heterocycles. The summed E-state index contributed by atoms with van der Waals surface area (Å²) >= 11 is 0. The average Bonchev–Trinajstić information content (AvgIpc) is 2.48. The van der Waals surface area contributed by atoms with Crippen molar-refractivity contribution in [3.05, 3.63) is 0 Å². The topological polar surface area (TPSA) is 49.6 Å². The molecule has 0 bridgehead atoms. The zero-order chi connectivity index (χ0) is 14.6. The van der Waals surface area contributed by atoms with Crippen molar-refractivity contribution in [1.82, 2.24) is 9.80 Å². The summed E-state index contributed by atoms with van der Waals surface area (Å²) < 4.78 is 0. The smallest absolute Gasteiger partial charge is 0.223 e. The van der Waals surface area contributed by atoms with Gasteiger partial charge in [0.15, 0.2) is 0 Å². The second-order valence-corrected chi connectivity index (χ2v) is 6.98. The normalized spacial score (nSPS) is 23.4. The lowest BCUT2D eigenvalue weighted by Crippen LogP contribution is -2.46. The number of rotatable bonds is 4. The van der Waals surface area contributed by atoms with E-state index in [0.29, 0.717) is 24.9 Å². The third kappa shape index (κ3) is 4.83. The fraction of sp³-hybridized carbons (Fsp3) is 0.938. The van der Waals surface area contributed by atoms with Crippen LogP contribution in [0.2, 0.25) is 0 Å². The van der Waals surface area contributed by atoms with E-state index in [-0.39, 0.29) is 17.8 Å². The molecular weight excluding hydrogens is 286 g/mol. The lowest BCUT2D eigenvalue weighted by Gasteiger charge is -2.39. The molecule has 2 N–H and O–H groups in total. The summed E-state index contributed by atoms with van der Waals surface area (Å²) in [6.45, 7) is 2.87. The first kappa shape index (κ1) is 18.7. The van der Waals surface area contributed by atoms with Crippen LogP contribution in [0.25, 0.3) is 0 Å². The van der Waals surface area contributed by atoms with Crippen molar-refractivity contribution in [2.24, 2.45) is 11.1 Å². The minimum atomic E-state index is 0. The number of amides is 1. The number of nitrogens with two attached hydrogens (primary N) is 1. The number of carbonyl (C=O) groups is 1. The van der Waals surface area contributed by atoms with Crippen LogP contribution in [0.1, 0.15) is 51.4 Å². The summed E-state index contributed by atoms with van der Waals surface area (Å²) in [5.74, 6) is 0.312. The summed E-state index contributed by atoms with van der Waals surface area (Å²) in [5, 5.41) is 0. The molecule has 2 fully saturated rings. The number of hydrogen-bond acceptors (Lipinski definition) is 3. The Balaban J connectivity index is 0.00000220. The van der Waals surface area contributed by atoms with Crippen molar-refractivity contribution < 1.29 is 4.79 Å². The fourth-order valence-electron chi connectivity index (χ4n) is 3.79. The number of likely N-dealkylation sites (tertiary alicyclic amines) is 1. The molecule has 0 radical (unpaired) electrons. The van der Waals surface area contributed by atoms with Gasteiger partial charge >= 0.3 is 0 Å². The summed E-state index contributed by atoms with van der Waals surface area (Å²) in [4.78, 5) is 17.0. The molecular formula is C16H32ClN3O. The fourth-order valence-corrected chi connectivity index (χ4v) is 3.79. The minimum absolute atomic E-state index is 0. The molecule has 5 heteroatoms. The third-order valence-corrected chi connectivity index (χ3v) is 5.50. The quantitative estimate of drug-likeness (QED) is 0.865. The maximum absolute atomic E-state index is 12.6. The molecule has 2 aliphatic rings. The van der Waals surface area contributed by atoms with Crippen LogP contribution in [0, 0.1) is 5.41 Å². The second-order valence-electron chi connectivity index (χ2n) is 6.98. The first-order valence-corrected chi connectivity index (χ1v) is 8.21. The van der Waals surface area contributed by atoms with Gasteiger partial charge in [-0.15, -0.1) is 12.4 Å². The molecule has 2 rings (SSSR count). The summed E-state index contributed by atoms with van der Waals surface area (Å²) in [6, 6.07) is 0.428. The van der Waals surface area contributed by atoms with E-state index in [2.05, 4.69) is 11.9 Å². The highest BCUT2D eigenvalue weighted by Crippen LogP contribution is 2.39. The molecule has 0 unspecified atom stereocenters. The third-order valence-electron chi connectivity index (χ3n) is 5.50. The van der Waals surface area contributed by atoms with Crippen LogP contribution in [-0.2, 0) is 4.79 Å². The van der Waals surface area contributed by atoms with Gasteiger partial charge in [0.2, 0.25) is 5.91 Å². The van der Waals surface area contributed by atoms with Crippen LogP contribution in [0.15, 0.2) is 0 Å². The van der Waals surface area contributed by atoms with E-state index in [1.165, 1.54) is 19.3 Å². The Kier molecular flexibility index (Phi) is 7.45. The molecule has 1 saturated heterocycles. The maximum atomic E-state index is 12.6. The maximum Gasteiger partial charge on any atom is 0.223 e. The lowest BCUT2D eigenvalue weighted by atomic mass is 9.71. The Hall–Kier alpha value is -0.320. The predicted octanol–water partition coefficient (Wildman–Crippen LogP) is 2.26. The Bertz CT molecular complexity index is 323. The van der Waals surface area contributed by atoms with Crippen LogP contribution in [-0.4, -0.2) is 55.5 Å². The molecule has 0 atom stereocenters. The van der Waals surface area contributed by atoms with Gasteiger partial charge in [-0.25, -0.2) is 0 Å². The van der Waals surface area contributed by atoms with Crippen molar-refractivity contribution in [3.63, 3.8) is 0 Å². The summed E-state index contributed by atoms with van der Waals surface area (Å²) in [6.07, 6.45) is 8.92. The van der Waals surface area contributed by atoms with Crippen LogP contribution in [0.4, 0.5) is 0 Å². The highest BCUT2D eigenvalue weighted by molar-refractivity contribution is 5.85. The zero-order valence-corrected chi connectivity index (χ0v) is 14.5. The molecule has 21 heavy (non-hydrogen) atoms. The van der Waals surface area contributed by atoms with Gasteiger partial charge in [-0.05, 0) is 57.8 Å². The van der Waals surface area contributed by atoms with Crippen LogP contribution in [0.5, 0.6) is 0 Å². The molecule has 1 heterocycles. The molecule has 0 aromatic carbocycles. The Morgan fingerprint density at radius 3 is 2.33 bits per heavy atom. The number of carbonyl (C=O) groups excluding carboxylic acids is 1. The first-order valence-electron chi connectivity index (χ1n) is 8.21. The lowest BCUT2D eigenvalue weighted by molar-refractivity contribution is -0.135. The van der Waals surface area contributed by atoms with E-state index < -0.39 is 0 Å². The first-order chi connectivity index (χ1) is 9.56. The zero-order valence-electron chi connectivity index (χ0n) is 13.6. The monoisotopic (exact) mass is 317 g/mol. The predicted molar refractivity (Wildman–Crippen MR) is 89.7 cm³/mol. The Labute approximate surface area is 135 Å². The van der Waals surface area contributed by atoms with E-state index in [4.69, 9.17) is 5.73 Å². The number of nitrogens with zero attached hydrogens (tertiary/aromatic N) is 2. The van der Waals surface area contributed by atoms with Gasteiger partial charge in [-0.1, -0.05) is 19.3 Å². The van der Waals surface area contributed by atoms with Crippen molar-refractivity contribution in [2.75, 3.05) is 33.7 Å². The van der Waals surface area contributed by atoms with E-state index in [0.717, 1.165) is 38.8 Å². The van der Waals surface area contributed by atoms with Crippen molar-refractivity contribution in [1.29, 1.82) is 0 Å². The van der Waals surface area contributed by atoms with Gasteiger partial charge < -0.3 is 15.5 Å². The van der Waals surface area contributed by atoms with Gasteiger partial charge in [-0.2, -0.15) is 0 Å². The van der Waals surface area contributed by atoms with Crippen LogP contribution < -0.4 is 5.73 Å². The highest BCUT2D eigenvalue weighted by Gasteiger charge is 2.35. The van der Waals surface area contributed by atoms with Crippen LogP contribution >= 0.6 is 12.4 Å². The molecule has 0 aromatic rings. The van der Waals surface area contributed by atoms with Crippen LogP contribution in [0.3, 0.4) is 0 Å². The van der Waals surface area contributed by atoms with Crippen molar-refractivity contribution >= 4 is 18.3 Å². The largest absolute Gasteiger partial charge is 0.343 e. The van der Waals surface area contributed by atoms with Gasteiger partial charge in [0, 0.05) is 19.5 Å². The van der Waals surface area contributed by atoms with E-state index in [1.807, 2.05) is 11.9 Å². The molecule has 4 nitrogen and oxygen atoms in total. The highest BCUT2D eigenvalue weighted by atomic mass is 35.5. The molecule has 1 aliphatic carbocycles. The molecule has 1 saturated carbocycles. The van der Waals surface area contributed by atoms with Gasteiger partial charge in [-0.3, -0.25) is 4.79 Å². The molecule has 124 valence electrons. The molecule has 1 amide bonds. The standard InChI is InChI=1S/C16H31N3O.ClH/c1-18-10-6-14(7-11-18)19(2)15(20)12-16(13-17)8-4-3-5-9-16;/h14H,3-13,17H2,1-2H3;1H. The van der Waals surface area contributed by atoms with Gasteiger partial charge in [0.05, 0.1) is 0 Å². The minimum Gasteiger partial charge on any atom is -0.343 e. The Morgan fingerprint density at radius 2 is 1.81 bits per heavy atom. The average molecular weight is 318 g/mol.